The van der Waals surface area contributed by atoms with E-state index in [-0.39, 0.29) is 11.5 Å². The van der Waals surface area contributed by atoms with Gasteiger partial charge in [0.25, 0.3) is 6.43 Å². The molecular weight excluding hydrogens is 340 g/mol. The molecule has 3 rings (SSSR count). The van der Waals surface area contributed by atoms with Crippen molar-refractivity contribution < 1.29 is 23.4 Å². The molecule has 4 nitrogen and oxygen atoms in total. The van der Waals surface area contributed by atoms with Gasteiger partial charge in [-0.15, -0.1) is 0 Å². The van der Waals surface area contributed by atoms with Gasteiger partial charge in [-0.2, -0.15) is 0 Å². The van der Waals surface area contributed by atoms with Crippen molar-refractivity contribution in [1.29, 1.82) is 0 Å². The molecule has 0 heterocycles. The molecule has 26 heavy (non-hydrogen) atoms. The largest absolute Gasteiger partial charge is 0.488 e. The Morgan fingerprint density at radius 2 is 1.88 bits per heavy atom. The quantitative estimate of drug-likeness (QED) is 0.797. The van der Waals surface area contributed by atoms with Gasteiger partial charge in [0.1, 0.15) is 12.4 Å². The summed E-state index contributed by atoms with van der Waals surface area (Å²) in [6.45, 7) is 3.47. The van der Waals surface area contributed by atoms with Gasteiger partial charge in [-0.1, -0.05) is 44.2 Å². The van der Waals surface area contributed by atoms with Crippen molar-refractivity contribution in [3.8, 4) is 16.9 Å². The molecule has 1 amide bonds. The Bertz CT molecular complexity index is 803. The summed E-state index contributed by atoms with van der Waals surface area (Å²) in [7, 11) is 0. The lowest BCUT2D eigenvalue weighted by atomic mass is 9.85. The van der Waals surface area contributed by atoms with Crippen LogP contribution in [0.2, 0.25) is 0 Å². The number of ether oxygens (including phenoxy) is 1. The molecule has 0 spiro atoms. The Labute approximate surface area is 150 Å². The zero-order valence-corrected chi connectivity index (χ0v) is 14.6. The zero-order valence-electron chi connectivity index (χ0n) is 14.6. The molecule has 2 aromatic rings. The lowest BCUT2D eigenvalue weighted by Gasteiger charge is -2.27. The first-order chi connectivity index (χ1) is 12.3. The summed E-state index contributed by atoms with van der Waals surface area (Å²) in [6.07, 6.45) is -2.75. The summed E-state index contributed by atoms with van der Waals surface area (Å²) in [6, 6.07) is 12.7. The first-order valence-corrected chi connectivity index (χ1v) is 8.40. The molecule has 0 aromatic heterocycles. The average molecular weight is 361 g/mol. The highest BCUT2D eigenvalue weighted by Gasteiger charge is 2.39. The van der Waals surface area contributed by atoms with Gasteiger partial charge < -0.3 is 15.2 Å². The number of alkyl halides is 2. The summed E-state index contributed by atoms with van der Waals surface area (Å²) in [4.78, 5) is 11.1. The molecule has 6 heteroatoms. The minimum Gasteiger partial charge on any atom is -0.488 e. The second-order valence-corrected chi connectivity index (χ2v) is 7.19. The molecule has 2 aromatic carbocycles. The van der Waals surface area contributed by atoms with E-state index in [9.17, 15) is 13.6 Å². The number of amides is 1. The van der Waals surface area contributed by atoms with Crippen LogP contribution in [0.3, 0.4) is 0 Å². The molecule has 0 aliphatic heterocycles. The minimum atomic E-state index is -2.50. The van der Waals surface area contributed by atoms with Gasteiger partial charge in [0.05, 0.1) is 6.04 Å². The molecule has 1 unspecified atom stereocenters. The molecule has 1 aliphatic rings. The number of benzene rings is 2. The van der Waals surface area contributed by atoms with Crippen LogP contribution in [0.5, 0.6) is 5.75 Å². The molecule has 0 bridgehead atoms. The van der Waals surface area contributed by atoms with E-state index in [1.165, 1.54) is 0 Å². The second kappa shape index (κ2) is 6.94. The highest BCUT2D eigenvalue weighted by Crippen LogP contribution is 2.46. The van der Waals surface area contributed by atoms with Crippen LogP contribution in [-0.4, -0.2) is 24.2 Å². The van der Waals surface area contributed by atoms with Crippen LogP contribution in [0, 0.1) is 5.41 Å². The summed E-state index contributed by atoms with van der Waals surface area (Å²) in [5.41, 5.74) is 3.86. The second-order valence-electron chi connectivity index (χ2n) is 7.19. The number of rotatable bonds is 5. The van der Waals surface area contributed by atoms with Crippen molar-refractivity contribution in [2.24, 2.45) is 5.41 Å². The average Bonchev–Trinajstić information content (AvgIpc) is 2.82. The minimum absolute atomic E-state index is 0.202. The molecule has 0 saturated heterocycles. The highest BCUT2D eigenvalue weighted by atomic mass is 19.3. The fourth-order valence-corrected chi connectivity index (χ4v) is 3.53. The topological polar surface area (TPSA) is 58.6 Å². The van der Waals surface area contributed by atoms with Gasteiger partial charge in [0, 0.05) is 0 Å². The normalized spacial score (nSPS) is 17.8. The predicted octanol–water partition coefficient (Wildman–Crippen LogP) is 4.89. The molecule has 0 saturated carbocycles. The van der Waals surface area contributed by atoms with Crippen molar-refractivity contribution in [3.63, 3.8) is 0 Å². The third-order valence-electron chi connectivity index (χ3n) is 4.71. The number of halogens is 2. The van der Waals surface area contributed by atoms with Crippen LogP contribution in [-0.2, 0) is 6.42 Å². The fourth-order valence-electron chi connectivity index (χ4n) is 3.53. The van der Waals surface area contributed by atoms with Crippen molar-refractivity contribution in [2.45, 2.75) is 32.7 Å². The molecule has 138 valence electrons. The molecule has 2 N–H and O–H groups in total. The van der Waals surface area contributed by atoms with E-state index >= 15 is 0 Å². The van der Waals surface area contributed by atoms with Gasteiger partial charge in [-0.25, -0.2) is 13.6 Å². The summed E-state index contributed by atoms with van der Waals surface area (Å²) in [5, 5.41) is 11.7. The van der Waals surface area contributed by atoms with E-state index in [0.717, 1.165) is 28.7 Å². The Morgan fingerprint density at radius 1 is 1.23 bits per heavy atom. The van der Waals surface area contributed by atoms with Crippen molar-refractivity contribution in [1.82, 2.24) is 5.32 Å². The van der Waals surface area contributed by atoms with Crippen LogP contribution >= 0.6 is 0 Å². The molecule has 0 radical (unpaired) electrons. The highest BCUT2D eigenvalue weighted by molar-refractivity contribution is 5.68. The number of carbonyl (C=O) groups is 1. The van der Waals surface area contributed by atoms with Gasteiger partial charge in [-0.05, 0) is 46.2 Å². The Balaban J connectivity index is 1.83. The number of nitrogens with one attached hydrogen (secondary N) is 1. The third-order valence-corrected chi connectivity index (χ3v) is 4.71. The maximum atomic E-state index is 12.2. The number of fused-ring (bicyclic) bond motifs is 1. The molecule has 1 atom stereocenters. The molecular formula is C20H21F2NO3. The van der Waals surface area contributed by atoms with Crippen LogP contribution in [0.1, 0.15) is 31.0 Å². The van der Waals surface area contributed by atoms with Crippen molar-refractivity contribution in [2.75, 3.05) is 6.61 Å². The Kier molecular flexibility index (Phi) is 4.85. The van der Waals surface area contributed by atoms with E-state index in [0.29, 0.717) is 5.75 Å². The Hall–Kier alpha value is -2.63. The lowest BCUT2D eigenvalue weighted by molar-refractivity contribution is 0.0819. The molecule has 1 aliphatic carbocycles. The van der Waals surface area contributed by atoms with E-state index < -0.39 is 19.1 Å². The Morgan fingerprint density at radius 3 is 2.50 bits per heavy atom. The third kappa shape index (κ3) is 3.79. The number of hydrogen-bond acceptors (Lipinski definition) is 2. The van der Waals surface area contributed by atoms with E-state index in [1.54, 1.807) is 12.1 Å². The van der Waals surface area contributed by atoms with Crippen molar-refractivity contribution >= 4 is 6.09 Å². The van der Waals surface area contributed by atoms with Crippen LogP contribution in [0.15, 0.2) is 42.5 Å². The number of carboxylic acid groups (broad SMARTS) is 1. The SMILES string of the molecule is CC1(C)Cc2cc(-c3ccc(OCC(F)F)cc3)ccc2C1NC(=O)O. The fraction of sp³-hybridized carbons (Fsp3) is 0.350. The zero-order chi connectivity index (χ0) is 18.9. The smallest absolute Gasteiger partial charge is 0.405 e. The van der Waals surface area contributed by atoms with Gasteiger partial charge in [0.15, 0.2) is 0 Å². The van der Waals surface area contributed by atoms with E-state index in [1.807, 2.05) is 38.1 Å². The predicted molar refractivity (Wildman–Crippen MR) is 94.8 cm³/mol. The first-order valence-electron chi connectivity index (χ1n) is 8.40. The molecule has 0 fully saturated rings. The van der Waals surface area contributed by atoms with Crippen LogP contribution in [0.4, 0.5) is 13.6 Å². The van der Waals surface area contributed by atoms with Gasteiger partial charge in [0.2, 0.25) is 0 Å². The van der Waals surface area contributed by atoms with Gasteiger partial charge in [-0.3, -0.25) is 0 Å². The van der Waals surface area contributed by atoms with E-state index in [2.05, 4.69) is 11.4 Å². The van der Waals surface area contributed by atoms with Crippen LogP contribution < -0.4 is 10.1 Å². The summed E-state index contributed by atoms with van der Waals surface area (Å²) >= 11 is 0. The summed E-state index contributed by atoms with van der Waals surface area (Å²) < 4.78 is 29.4. The summed E-state index contributed by atoms with van der Waals surface area (Å²) in [5.74, 6) is 0.405. The lowest BCUT2D eigenvalue weighted by Crippen LogP contribution is -2.34. The maximum absolute atomic E-state index is 12.2. The van der Waals surface area contributed by atoms with Crippen molar-refractivity contribution in [3.05, 3.63) is 53.6 Å². The maximum Gasteiger partial charge on any atom is 0.405 e. The monoisotopic (exact) mass is 361 g/mol. The van der Waals surface area contributed by atoms with Crippen LogP contribution in [0.25, 0.3) is 11.1 Å². The first kappa shape index (κ1) is 18.2. The number of hydrogen-bond donors (Lipinski definition) is 2. The van der Waals surface area contributed by atoms with E-state index in [4.69, 9.17) is 9.84 Å². The van der Waals surface area contributed by atoms with Gasteiger partial charge >= 0.3 is 6.09 Å². The standard InChI is InChI=1S/C20H21F2NO3/c1-20(2)10-14-9-13(5-8-16(14)18(20)23-19(24)25)12-3-6-15(7-4-12)26-11-17(21)22/h3-9,17-18,23H,10-11H2,1-2H3,(H,24,25).